The van der Waals surface area contributed by atoms with Gasteiger partial charge >= 0.3 is 0 Å². The van der Waals surface area contributed by atoms with Gasteiger partial charge in [-0.3, -0.25) is 9.78 Å². The van der Waals surface area contributed by atoms with Gasteiger partial charge in [-0.05, 0) is 24.6 Å². The Hall–Kier alpha value is -2.36. The molecule has 0 saturated carbocycles. The van der Waals surface area contributed by atoms with E-state index in [1.807, 2.05) is 6.07 Å². The van der Waals surface area contributed by atoms with Crippen LogP contribution in [-0.2, 0) is 6.54 Å². The number of aromatic nitrogens is 1. The lowest BCUT2D eigenvalue weighted by Crippen LogP contribution is -2.22. The lowest BCUT2D eigenvalue weighted by molar-refractivity contribution is 0.0822. The summed E-state index contributed by atoms with van der Waals surface area (Å²) in [6.45, 7) is 2.79. The van der Waals surface area contributed by atoms with Crippen molar-refractivity contribution in [1.82, 2.24) is 9.88 Å². The van der Waals surface area contributed by atoms with E-state index in [-0.39, 0.29) is 5.91 Å². The summed E-state index contributed by atoms with van der Waals surface area (Å²) in [7, 11) is 3.44. The Balaban J connectivity index is 2.05. The number of rotatable bonds is 4. The van der Waals surface area contributed by atoms with Gasteiger partial charge in [0.2, 0.25) is 0 Å². The Morgan fingerprint density at radius 1 is 1.20 bits per heavy atom. The van der Waals surface area contributed by atoms with Crippen molar-refractivity contribution in [2.24, 2.45) is 0 Å². The molecule has 0 saturated heterocycles. The fourth-order valence-electron chi connectivity index (χ4n) is 1.80. The average Bonchev–Trinajstić information content (AvgIpc) is 2.46. The third kappa shape index (κ3) is 3.57. The van der Waals surface area contributed by atoms with Gasteiger partial charge in [-0.2, -0.15) is 0 Å². The average molecular weight is 269 g/mol. The van der Waals surface area contributed by atoms with Gasteiger partial charge in [-0.1, -0.05) is 29.8 Å². The zero-order valence-corrected chi connectivity index (χ0v) is 12.1. The predicted molar refractivity (Wildman–Crippen MR) is 80.8 cm³/mol. The molecule has 0 radical (unpaired) electrons. The SMILES string of the molecule is Cc1ccc(CNc2ccnc(C(=O)N(C)C)c2)cc1. The van der Waals surface area contributed by atoms with E-state index in [1.54, 1.807) is 26.4 Å². The Bertz CT molecular complexity index is 591. The first-order valence-electron chi connectivity index (χ1n) is 6.53. The lowest BCUT2D eigenvalue weighted by atomic mass is 10.1. The Morgan fingerprint density at radius 3 is 2.55 bits per heavy atom. The molecule has 0 aliphatic rings. The number of anilines is 1. The maximum Gasteiger partial charge on any atom is 0.272 e. The quantitative estimate of drug-likeness (QED) is 0.928. The number of amides is 1. The maximum absolute atomic E-state index is 11.8. The van der Waals surface area contributed by atoms with Gasteiger partial charge < -0.3 is 10.2 Å². The van der Waals surface area contributed by atoms with E-state index in [9.17, 15) is 4.79 Å². The van der Waals surface area contributed by atoms with Crippen LogP contribution in [0.25, 0.3) is 0 Å². The minimum atomic E-state index is -0.0935. The third-order valence-electron chi connectivity index (χ3n) is 3.00. The van der Waals surface area contributed by atoms with Crippen LogP contribution in [0.3, 0.4) is 0 Å². The van der Waals surface area contributed by atoms with Crippen molar-refractivity contribution in [3.05, 3.63) is 59.4 Å². The minimum absolute atomic E-state index is 0.0935. The largest absolute Gasteiger partial charge is 0.381 e. The Kier molecular flexibility index (Phi) is 4.35. The highest BCUT2D eigenvalue weighted by Gasteiger charge is 2.09. The Labute approximate surface area is 119 Å². The van der Waals surface area contributed by atoms with E-state index in [0.717, 1.165) is 12.2 Å². The summed E-state index contributed by atoms with van der Waals surface area (Å²) in [5.41, 5.74) is 3.79. The summed E-state index contributed by atoms with van der Waals surface area (Å²) < 4.78 is 0. The molecule has 1 aromatic carbocycles. The fourth-order valence-corrected chi connectivity index (χ4v) is 1.80. The van der Waals surface area contributed by atoms with E-state index in [1.165, 1.54) is 16.0 Å². The van der Waals surface area contributed by atoms with E-state index in [0.29, 0.717) is 5.69 Å². The van der Waals surface area contributed by atoms with Crippen molar-refractivity contribution >= 4 is 11.6 Å². The van der Waals surface area contributed by atoms with Crippen LogP contribution in [-0.4, -0.2) is 29.9 Å². The highest BCUT2D eigenvalue weighted by atomic mass is 16.2. The van der Waals surface area contributed by atoms with Crippen LogP contribution in [0.2, 0.25) is 0 Å². The molecule has 0 spiro atoms. The Morgan fingerprint density at radius 2 is 1.90 bits per heavy atom. The van der Waals surface area contributed by atoms with Gasteiger partial charge in [0.1, 0.15) is 5.69 Å². The summed E-state index contributed by atoms with van der Waals surface area (Å²) in [4.78, 5) is 17.5. The molecule has 1 amide bonds. The molecule has 20 heavy (non-hydrogen) atoms. The first-order valence-corrected chi connectivity index (χ1v) is 6.53. The zero-order valence-electron chi connectivity index (χ0n) is 12.1. The highest BCUT2D eigenvalue weighted by molar-refractivity contribution is 5.92. The first kappa shape index (κ1) is 14.1. The smallest absolute Gasteiger partial charge is 0.272 e. The number of benzene rings is 1. The molecule has 1 aromatic heterocycles. The number of carbonyl (C=O) groups is 1. The standard InChI is InChI=1S/C16H19N3O/c1-12-4-6-13(7-5-12)11-18-14-8-9-17-15(10-14)16(20)19(2)3/h4-10H,11H2,1-3H3,(H,17,18). The van der Waals surface area contributed by atoms with Crippen molar-refractivity contribution in [2.45, 2.75) is 13.5 Å². The maximum atomic E-state index is 11.8. The monoisotopic (exact) mass is 269 g/mol. The van der Waals surface area contributed by atoms with Gasteiger partial charge in [-0.25, -0.2) is 0 Å². The molecule has 4 heteroatoms. The number of carbonyl (C=O) groups excluding carboxylic acids is 1. The number of hydrogen-bond donors (Lipinski definition) is 1. The zero-order chi connectivity index (χ0) is 14.5. The van der Waals surface area contributed by atoms with Crippen LogP contribution in [0.4, 0.5) is 5.69 Å². The summed E-state index contributed by atoms with van der Waals surface area (Å²) in [6, 6.07) is 12.0. The fraction of sp³-hybridized carbons (Fsp3) is 0.250. The van der Waals surface area contributed by atoms with Crippen LogP contribution < -0.4 is 5.32 Å². The van der Waals surface area contributed by atoms with Gasteiger partial charge in [0.05, 0.1) is 0 Å². The van der Waals surface area contributed by atoms with Crippen LogP contribution in [0.5, 0.6) is 0 Å². The number of hydrogen-bond acceptors (Lipinski definition) is 3. The predicted octanol–water partition coefficient (Wildman–Crippen LogP) is 2.70. The van der Waals surface area contributed by atoms with E-state index in [2.05, 4.69) is 41.5 Å². The summed E-state index contributed by atoms with van der Waals surface area (Å²) >= 11 is 0. The van der Waals surface area contributed by atoms with Crippen molar-refractivity contribution in [3.63, 3.8) is 0 Å². The molecular weight excluding hydrogens is 250 g/mol. The normalized spacial score (nSPS) is 10.2. The van der Waals surface area contributed by atoms with E-state index in [4.69, 9.17) is 0 Å². The number of nitrogens with zero attached hydrogens (tertiary/aromatic N) is 2. The molecule has 104 valence electrons. The van der Waals surface area contributed by atoms with Gasteiger partial charge in [0.25, 0.3) is 5.91 Å². The topological polar surface area (TPSA) is 45.2 Å². The minimum Gasteiger partial charge on any atom is -0.381 e. The lowest BCUT2D eigenvalue weighted by Gasteiger charge is -2.11. The van der Waals surface area contributed by atoms with Crippen LogP contribution >= 0.6 is 0 Å². The molecule has 0 fully saturated rings. The van der Waals surface area contributed by atoms with Gasteiger partial charge in [0.15, 0.2) is 0 Å². The van der Waals surface area contributed by atoms with Crippen LogP contribution in [0.1, 0.15) is 21.6 Å². The number of aryl methyl sites for hydroxylation is 1. The highest BCUT2D eigenvalue weighted by Crippen LogP contribution is 2.11. The van der Waals surface area contributed by atoms with Crippen molar-refractivity contribution in [1.29, 1.82) is 0 Å². The molecule has 4 nitrogen and oxygen atoms in total. The summed E-state index contributed by atoms with van der Waals surface area (Å²) in [5, 5.41) is 3.30. The first-order chi connectivity index (χ1) is 9.56. The van der Waals surface area contributed by atoms with Gasteiger partial charge in [-0.15, -0.1) is 0 Å². The molecule has 0 aliphatic carbocycles. The molecule has 2 aromatic rings. The second kappa shape index (κ2) is 6.19. The van der Waals surface area contributed by atoms with E-state index >= 15 is 0 Å². The molecule has 0 bridgehead atoms. The molecular formula is C16H19N3O. The summed E-state index contributed by atoms with van der Waals surface area (Å²) in [5.74, 6) is -0.0935. The second-order valence-electron chi connectivity index (χ2n) is 4.97. The van der Waals surface area contributed by atoms with Crippen molar-refractivity contribution in [3.8, 4) is 0 Å². The number of pyridine rings is 1. The number of nitrogens with one attached hydrogen (secondary N) is 1. The third-order valence-corrected chi connectivity index (χ3v) is 3.00. The van der Waals surface area contributed by atoms with Crippen molar-refractivity contribution in [2.75, 3.05) is 19.4 Å². The van der Waals surface area contributed by atoms with E-state index < -0.39 is 0 Å². The molecule has 1 heterocycles. The van der Waals surface area contributed by atoms with Crippen molar-refractivity contribution < 1.29 is 4.79 Å². The molecule has 0 unspecified atom stereocenters. The molecule has 2 rings (SSSR count). The van der Waals surface area contributed by atoms with Crippen LogP contribution in [0, 0.1) is 6.92 Å². The second-order valence-corrected chi connectivity index (χ2v) is 4.97. The molecule has 0 aliphatic heterocycles. The molecule has 0 atom stereocenters. The molecule has 1 N–H and O–H groups in total. The summed E-state index contributed by atoms with van der Waals surface area (Å²) in [6.07, 6.45) is 1.65. The van der Waals surface area contributed by atoms with Gasteiger partial charge in [0, 0.05) is 32.5 Å². The van der Waals surface area contributed by atoms with Crippen LogP contribution in [0.15, 0.2) is 42.6 Å².